The highest BCUT2D eigenvalue weighted by Gasteiger charge is 2.24. The number of hydrogen-bond donors (Lipinski definition) is 1. The monoisotopic (exact) mass is 199 g/mol. The van der Waals surface area contributed by atoms with Crippen molar-refractivity contribution in [3.05, 3.63) is 33.6 Å². The molecular formula is C8H6FNO4. The van der Waals surface area contributed by atoms with Gasteiger partial charge in [0.1, 0.15) is 0 Å². The maximum Gasteiger partial charge on any atom is 0.346 e. The average molecular weight is 199 g/mol. The van der Waals surface area contributed by atoms with E-state index in [1.54, 1.807) is 0 Å². The molecule has 1 rings (SSSR count). The Labute approximate surface area is 77.9 Å². The number of aromatic hydroxyl groups is 1. The Morgan fingerprint density at radius 1 is 1.57 bits per heavy atom. The predicted molar refractivity (Wildman–Crippen MR) is 44.7 cm³/mol. The van der Waals surface area contributed by atoms with E-state index < -0.39 is 33.5 Å². The van der Waals surface area contributed by atoms with Gasteiger partial charge in [0.15, 0.2) is 11.5 Å². The number of Topliss-reactive ketones (excluding diaryl/α,β-unsaturated/α-hetero) is 1. The van der Waals surface area contributed by atoms with Crippen molar-refractivity contribution in [2.75, 3.05) is 0 Å². The standard InChI is InChI=1S/C8H6FNO4/c1-4(11)5-2-3-6(12)8(7(5)9)10(13)14/h2-3,12H,1H3. The number of carbonyl (C=O) groups is 1. The summed E-state index contributed by atoms with van der Waals surface area (Å²) in [6.45, 7) is 1.08. The quantitative estimate of drug-likeness (QED) is 0.446. The zero-order valence-corrected chi connectivity index (χ0v) is 7.15. The Morgan fingerprint density at radius 2 is 2.14 bits per heavy atom. The molecule has 0 spiro atoms. The number of nitro benzene ring substituents is 1. The van der Waals surface area contributed by atoms with Crippen LogP contribution >= 0.6 is 0 Å². The van der Waals surface area contributed by atoms with E-state index in [9.17, 15) is 19.3 Å². The predicted octanol–water partition coefficient (Wildman–Crippen LogP) is 1.64. The molecule has 1 aromatic rings. The molecular weight excluding hydrogens is 193 g/mol. The molecule has 6 heteroatoms. The van der Waals surface area contributed by atoms with E-state index in [-0.39, 0.29) is 0 Å². The third-order valence-electron chi connectivity index (χ3n) is 1.66. The molecule has 0 aliphatic rings. The molecule has 5 nitrogen and oxygen atoms in total. The lowest BCUT2D eigenvalue weighted by molar-refractivity contribution is -0.388. The van der Waals surface area contributed by atoms with E-state index in [0.717, 1.165) is 19.1 Å². The van der Waals surface area contributed by atoms with Crippen molar-refractivity contribution in [1.82, 2.24) is 0 Å². The fourth-order valence-electron chi connectivity index (χ4n) is 1.000. The number of phenols is 1. The molecule has 14 heavy (non-hydrogen) atoms. The molecule has 0 aliphatic carbocycles. The molecule has 74 valence electrons. The Morgan fingerprint density at radius 3 is 2.57 bits per heavy atom. The van der Waals surface area contributed by atoms with Gasteiger partial charge in [-0.15, -0.1) is 0 Å². The molecule has 0 saturated heterocycles. The summed E-state index contributed by atoms with van der Waals surface area (Å²) in [5.41, 5.74) is -1.48. The zero-order chi connectivity index (χ0) is 10.9. The van der Waals surface area contributed by atoms with Gasteiger partial charge in [-0.25, -0.2) is 0 Å². The van der Waals surface area contributed by atoms with Crippen molar-refractivity contribution < 1.29 is 19.2 Å². The van der Waals surface area contributed by atoms with Crippen LogP contribution in [0.5, 0.6) is 5.75 Å². The fourth-order valence-corrected chi connectivity index (χ4v) is 1.000. The lowest BCUT2D eigenvalue weighted by atomic mass is 10.1. The average Bonchev–Trinajstić information content (AvgIpc) is 2.02. The first-order valence-electron chi connectivity index (χ1n) is 3.62. The number of nitrogens with zero attached hydrogens (tertiary/aromatic N) is 1. The molecule has 0 atom stereocenters. The second kappa shape index (κ2) is 3.41. The number of carbonyl (C=O) groups excluding carboxylic acids is 1. The molecule has 0 aliphatic heterocycles. The summed E-state index contributed by atoms with van der Waals surface area (Å²) < 4.78 is 13.2. The zero-order valence-electron chi connectivity index (χ0n) is 7.15. The maximum absolute atomic E-state index is 13.2. The number of benzene rings is 1. The van der Waals surface area contributed by atoms with Gasteiger partial charge in [-0.2, -0.15) is 4.39 Å². The number of nitro groups is 1. The van der Waals surface area contributed by atoms with Crippen molar-refractivity contribution in [2.24, 2.45) is 0 Å². The summed E-state index contributed by atoms with van der Waals surface area (Å²) in [4.78, 5) is 20.0. The van der Waals surface area contributed by atoms with Gasteiger partial charge < -0.3 is 5.11 Å². The van der Waals surface area contributed by atoms with Crippen molar-refractivity contribution >= 4 is 11.5 Å². The number of rotatable bonds is 2. The minimum Gasteiger partial charge on any atom is -0.502 e. The van der Waals surface area contributed by atoms with E-state index in [1.165, 1.54) is 0 Å². The molecule has 0 amide bonds. The first-order valence-corrected chi connectivity index (χ1v) is 3.62. The normalized spacial score (nSPS) is 9.86. The van der Waals surface area contributed by atoms with Crippen LogP contribution in [0.15, 0.2) is 12.1 Å². The van der Waals surface area contributed by atoms with E-state index in [2.05, 4.69) is 0 Å². The lowest BCUT2D eigenvalue weighted by Crippen LogP contribution is -2.01. The first kappa shape index (κ1) is 10.1. The van der Waals surface area contributed by atoms with Gasteiger partial charge in [0.25, 0.3) is 0 Å². The smallest absolute Gasteiger partial charge is 0.346 e. The molecule has 0 heterocycles. The van der Waals surface area contributed by atoms with Crippen LogP contribution in [0.1, 0.15) is 17.3 Å². The Bertz CT molecular complexity index is 416. The van der Waals surface area contributed by atoms with Crippen molar-refractivity contribution in [3.8, 4) is 5.75 Å². The summed E-state index contributed by atoms with van der Waals surface area (Å²) in [5.74, 6) is -2.73. The van der Waals surface area contributed by atoms with Crippen LogP contribution in [0.2, 0.25) is 0 Å². The molecule has 0 radical (unpaired) electrons. The highest BCUT2D eigenvalue weighted by molar-refractivity contribution is 5.95. The molecule has 0 fully saturated rings. The second-order valence-electron chi connectivity index (χ2n) is 2.61. The van der Waals surface area contributed by atoms with Gasteiger partial charge in [0, 0.05) is 0 Å². The van der Waals surface area contributed by atoms with Crippen LogP contribution in [-0.4, -0.2) is 15.8 Å². The second-order valence-corrected chi connectivity index (χ2v) is 2.61. The van der Waals surface area contributed by atoms with Crippen LogP contribution in [0.25, 0.3) is 0 Å². The van der Waals surface area contributed by atoms with E-state index >= 15 is 0 Å². The third kappa shape index (κ3) is 1.54. The van der Waals surface area contributed by atoms with Gasteiger partial charge in [-0.05, 0) is 19.1 Å². The maximum atomic E-state index is 13.2. The van der Waals surface area contributed by atoms with Crippen LogP contribution in [0.3, 0.4) is 0 Å². The topological polar surface area (TPSA) is 80.4 Å². The minimum atomic E-state index is -1.30. The SMILES string of the molecule is CC(=O)c1ccc(O)c([N+](=O)[O-])c1F. The summed E-state index contributed by atoms with van der Waals surface area (Å²) in [6.07, 6.45) is 0. The van der Waals surface area contributed by atoms with Crippen LogP contribution in [0.4, 0.5) is 10.1 Å². The number of ketones is 1. The van der Waals surface area contributed by atoms with E-state index in [1.807, 2.05) is 0 Å². The minimum absolute atomic E-state index is 0.408. The third-order valence-corrected chi connectivity index (χ3v) is 1.66. The summed E-state index contributed by atoms with van der Waals surface area (Å²) in [7, 11) is 0. The fraction of sp³-hybridized carbons (Fsp3) is 0.125. The van der Waals surface area contributed by atoms with Crippen LogP contribution < -0.4 is 0 Å². The molecule has 1 N–H and O–H groups in total. The van der Waals surface area contributed by atoms with Gasteiger partial charge in [0.05, 0.1) is 10.5 Å². The van der Waals surface area contributed by atoms with Crippen molar-refractivity contribution in [1.29, 1.82) is 0 Å². The summed E-state index contributed by atoms with van der Waals surface area (Å²) >= 11 is 0. The summed E-state index contributed by atoms with van der Waals surface area (Å²) in [6, 6.07) is 1.91. The van der Waals surface area contributed by atoms with Crippen molar-refractivity contribution in [2.45, 2.75) is 6.92 Å². The van der Waals surface area contributed by atoms with Gasteiger partial charge in [0.2, 0.25) is 5.82 Å². The van der Waals surface area contributed by atoms with E-state index in [4.69, 9.17) is 5.11 Å². The molecule has 1 aromatic carbocycles. The molecule has 0 saturated carbocycles. The number of halogens is 1. The Balaban J connectivity index is 3.49. The number of hydrogen-bond acceptors (Lipinski definition) is 4. The van der Waals surface area contributed by atoms with Crippen LogP contribution in [0, 0.1) is 15.9 Å². The van der Waals surface area contributed by atoms with Crippen molar-refractivity contribution in [3.63, 3.8) is 0 Å². The van der Waals surface area contributed by atoms with Crippen LogP contribution in [-0.2, 0) is 0 Å². The molecule has 0 unspecified atom stereocenters. The summed E-state index contributed by atoms with van der Waals surface area (Å²) in [5, 5.41) is 19.3. The largest absolute Gasteiger partial charge is 0.502 e. The highest BCUT2D eigenvalue weighted by Crippen LogP contribution is 2.30. The Hall–Kier alpha value is -1.98. The molecule has 0 bridgehead atoms. The van der Waals surface area contributed by atoms with Gasteiger partial charge >= 0.3 is 5.69 Å². The first-order chi connectivity index (χ1) is 6.45. The number of phenolic OH excluding ortho intramolecular Hbond substituents is 1. The lowest BCUT2D eigenvalue weighted by Gasteiger charge is -2.00. The highest BCUT2D eigenvalue weighted by atomic mass is 19.1. The van der Waals surface area contributed by atoms with Gasteiger partial charge in [-0.1, -0.05) is 0 Å². The Kier molecular flexibility index (Phi) is 2.46. The molecule has 0 aromatic heterocycles. The van der Waals surface area contributed by atoms with E-state index in [0.29, 0.717) is 0 Å². The van der Waals surface area contributed by atoms with Gasteiger partial charge in [-0.3, -0.25) is 14.9 Å².